The predicted octanol–water partition coefficient (Wildman–Crippen LogP) is 2.47. The summed E-state index contributed by atoms with van der Waals surface area (Å²) in [5, 5.41) is 2.16. The summed E-state index contributed by atoms with van der Waals surface area (Å²) >= 11 is 0. The van der Waals surface area contributed by atoms with Gasteiger partial charge in [-0.25, -0.2) is 9.37 Å². The van der Waals surface area contributed by atoms with Crippen LogP contribution in [0.2, 0.25) is 0 Å². The molecule has 0 unspecified atom stereocenters. The number of primary amides is 1. The van der Waals surface area contributed by atoms with Crippen LogP contribution in [0.15, 0.2) is 36.5 Å². The number of hydrogen-bond donors (Lipinski definition) is 2. The Morgan fingerprint density at radius 1 is 1.21 bits per heavy atom. The molecule has 1 aromatic carbocycles. The van der Waals surface area contributed by atoms with E-state index in [1.807, 2.05) is 0 Å². The van der Waals surface area contributed by atoms with Crippen LogP contribution in [0, 0.1) is 5.82 Å². The number of amides is 2. The molecular formula is C14H9F4N3O3. The van der Waals surface area contributed by atoms with Crippen LogP contribution < -0.4 is 15.8 Å². The maximum Gasteiger partial charge on any atom is 0.573 e. The fourth-order valence-corrected chi connectivity index (χ4v) is 1.77. The van der Waals surface area contributed by atoms with Crippen LogP contribution in [0.5, 0.6) is 5.75 Å². The highest BCUT2D eigenvalue weighted by atomic mass is 19.4. The van der Waals surface area contributed by atoms with Crippen molar-refractivity contribution < 1.29 is 31.9 Å². The molecular weight excluding hydrogens is 334 g/mol. The first-order chi connectivity index (χ1) is 11.2. The summed E-state index contributed by atoms with van der Waals surface area (Å²) in [7, 11) is 0. The molecule has 0 saturated heterocycles. The summed E-state index contributed by atoms with van der Waals surface area (Å²) in [6, 6.07) is 4.60. The normalized spacial score (nSPS) is 11.0. The molecule has 0 spiro atoms. The quantitative estimate of drug-likeness (QED) is 0.834. The first kappa shape index (κ1) is 17.2. The minimum Gasteiger partial charge on any atom is -0.406 e. The molecule has 24 heavy (non-hydrogen) atoms. The number of aromatic nitrogens is 1. The highest BCUT2D eigenvalue weighted by molar-refractivity contribution is 6.08. The van der Waals surface area contributed by atoms with Gasteiger partial charge in [0.05, 0.1) is 11.3 Å². The number of nitrogens with zero attached hydrogens (tertiary/aromatic N) is 1. The maximum atomic E-state index is 13.7. The van der Waals surface area contributed by atoms with Gasteiger partial charge in [-0.2, -0.15) is 0 Å². The molecule has 2 rings (SSSR count). The van der Waals surface area contributed by atoms with Gasteiger partial charge < -0.3 is 15.8 Å². The first-order valence-electron chi connectivity index (χ1n) is 6.29. The Hall–Kier alpha value is -3.17. The van der Waals surface area contributed by atoms with Crippen molar-refractivity contribution in [2.24, 2.45) is 5.73 Å². The van der Waals surface area contributed by atoms with Crippen LogP contribution in [0.4, 0.5) is 23.2 Å². The van der Waals surface area contributed by atoms with E-state index in [0.29, 0.717) is 12.1 Å². The Morgan fingerprint density at radius 3 is 2.54 bits per heavy atom. The van der Waals surface area contributed by atoms with Gasteiger partial charge in [0.15, 0.2) is 5.69 Å². The topological polar surface area (TPSA) is 94.3 Å². The molecule has 0 aliphatic heterocycles. The van der Waals surface area contributed by atoms with Crippen molar-refractivity contribution in [2.75, 3.05) is 5.32 Å². The molecule has 0 fully saturated rings. The summed E-state index contributed by atoms with van der Waals surface area (Å²) in [6.07, 6.45) is -3.75. The van der Waals surface area contributed by atoms with Gasteiger partial charge in [-0.05, 0) is 30.3 Å². The molecule has 2 aromatic rings. The van der Waals surface area contributed by atoms with Crippen LogP contribution in [0.25, 0.3) is 0 Å². The van der Waals surface area contributed by atoms with Gasteiger partial charge >= 0.3 is 6.36 Å². The number of anilines is 1. The molecule has 126 valence electrons. The monoisotopic (exact) mass is 343 g/mol. The Kier molecular flexibility index (Phi) is 4.67. The number of rotatable bonds is 4. The lowest BCUT2D eigenvalue weighted by atomic mass is 10.1. The van der Waals surface area contributed by atoms with E-state index < -0.39 is 35.3 Å². The zero-order valence-electron chi connectivity index (χ0n) is 11.7. The summed E-state index contributed by atoms with van der Waals surface area (Å²) in [5.74, 6) is -3.89. The van der Waals surface area contributed by atoms with Crippen molar-refractivity contribution in [3.05, 3.63) is 53.6 Å². The first-order valence-corrected chi connectivity index (χ1v) is 6.29. The highest BCUT2D eigenvalue weighted by Crippen LogP contribution is 2.25. The average molecular weight is 343 g/mol. The van der Waals surface area contributed by atoms with E-state index in [2.05, 4.69) is 15.0 Å². The zero-order chi connectivity index (χ0) is 17.9. The molecule has 10 heteroatoms. The number of nitrogens with two attached hydrogens (primary N) is 1. The number of carbonyl (C=O) groups is 2. The lowest BCUT2D eigenvalue weighted by Crippen LogP contribution is -2.21. The second kappa shape index (κ2) is 6.52. The van der Waals surface area contributed by atoms with Gasteiger partial charge in [0.25, 0.3) is 11.8 Å². The molecule has 1 heterocycles. The molecule has 0 aliphatic rings. The van der Waals surface area contributed by atoms with E-state index in [-0.39, 0.29) is 11.4 Å². The summed E-state index contributed by atoms with van der Waals surface area (Å²) < 4.78 is 53.9. The number of nitrogens with one attached hydrogen (secondary N) is 1. The van der Waals surface area contributed by atoms with Gasteiger partial charge in [-0.1, -0.05) is 0 Å². The van der Waals surface area contributed by atoms with Crippen molar-refractivity contribution >= 4 is 17.5 Å². The average Bonchev–Trinajstić information content (AvgIpc) is 2.48. The minimum absolute atomic E-state index is 0.114. The van der Waals surface area contributed by atoms with Gasteiger partial charge in [-0.3, -0.25) is 9.59 Å². The van der Waals surface area contributed by atoms with E-state index in [1.165, 1.54) is 18.3 Å². The third-order valence-electron chi connectivity index (χ3n) is 2.71. The largest absolute Gasteiger partial charge is 0.573 e. The Balaban J connectivity index is 2.30. The van der Waals surface area contributed by atoms with Crippen molar-refractivity contribution in [2.45, 2.75) is 6.36 Å². The minimum atomic E-state index is -4.99. The molecule has 6 nitrogen and oxygen atoms in total. The van der Waals surface area contributed by atoms with Crippen LogP contribution >= 0.6 is 0 Å². The molecule has 1 aromatic heterocycles. The van der Waals surface area contributed by atoms with E-state index in [4.69, 9.17) is 5.73 Å². The zero-order valence-corrected chi connectivity index (χ0v) is 11.7. The highest BCUT2D eigenvalue weighted by Gasteiger charge is 2.31. The van der Waals surface area contributed by atoms with Gasteiger partial charge in [-0.15, -0.1) is 13.2 Å². The van der Waals surface area contributed by atoms with E-state index in [9.17, 15) is 27.2 Å². The predicted molar refractivity (Wildman–Crippen MR) is 73.8 cm³/mol. The number of halogens is 4. The van der Waals surface area contributed by atoms with Gasteiger partial charge in [0.1, 0.15) is 11.6 Å². The van der Waals surface area contributed by atoms with Crippen molar-refractivity contribution in [3.63, 3.8) is 0 Å². The number of alkyl halides is 3. The van der Waals surface area contributed by atoms with Gasteiger partial charge in [0.2, 0.25) is 0 Å². The van der Waals surface area contributed by atoms with Crippen LogP contribution in [-0.2, 0) is 0 Å². The smallest absolute Gasteiger partial charge is 0.406 e. The Morgan fingerprint density at radius 2 is 1.92 bits per heavy atom. The van der Waals surface area contributed by atoms with E-state index in [1.54, 1.807) is 0 Å². The molecule has 3 N–H and O–H groups in total. The summed E-state index contributed by atoms with van der Waals surface area (Å²) in [4.78, 5) is 26.9. The molecule has 0 saturated carbocycles. The fraction of sp³-hybridized carbons (Fsp3) is 0.0714. The van der Waals surface area contributed by atoms with E-state index >= 15 is 0 Å². The number of carbonyl (C=O) groups excluding carboxylic acids is 2. The van der Waals surface area contributed by atoms with Crippen molar-refractivity contribution in [3.8, 4) is 5.75 Å². The fourth-order valence-electron chi connectivity index (χ4n) is 1.77. The third-order valence-corrected chi connectivity index (χ3v) is 2.71. The van der Waals surface area contributed by atoms with Crippen molar-refractivity contribution in [1.29, 1.82) is 0 Å². The second-order valence-corrected chi connectivity index (χ2v) is 4.41. The number of benzene rings is 1. The maximum absolute atomic E-state index is 13.7. The standard InChI is InChI=1S/C14H9F4N3O3/c15-9-4-3-7(24-14(16,17)18)6-8(9)13(23)21-10-2-1-5-20-11(10)12(19)22/h1-6H,(H2,19,22)(H,21,23). The van der Waals surface area contributed by atoms with Crippen LogP contribution in [0.3, 0.4) is 0 Å². The number of pyridine rings is 1. The molecule has 2 amide bonds. The third kappa shape index (κ3) is 4.18. The molecule has 0 aliphatic carbocycles. The molecule has 0 radical (unpaired) electrons. The Labute approximate surface area is 132 Å². The molecule has 0 atom stereocenters. The number of hydrogen-bond acceptors (Lipinski definition) is 4. The second-order valence-electron chi connectivity index (χ2n) is 4.41. The van der Waals surface area contributed by atoms with Crippen LogP contribution in [0.1, 0.15) is 20.8 Å². The molecule has 0 bridgehead atoms. The summed E-state index contributed by atoms with van der Waals surface area (Å²) in [6.45, 7) is 0. The SMILES string of the molecule is NC(=O)c1ncccc1NC(=O)c1cc(OC(F)(F)F)ccc1F. The lowest BCUT2D eigenvalue weighted by molar-refractivity contribution is -0.274. The number of ether oxygens (including phenoxy) is 1. The van der Waals surface area contributed by atoms with E-state index in [0.717, 1.165) is 6.07 Å². The van der Waals surface area contributed by atoms with Crippen molar-refractivity contribution in [1.82, 2.24) is 4.98 Å². The lowest BCUT2D eigenvalue weighted by Gasteiger charge is -2.12. The van der Waals surface area contributed by atoms with Crippen LogP contribution in [-0.4, -0.2) is 23.2 Å². The Bertz CT molecular complexity index is 793. The van der Waals surface area contributed by atoms with Gasteiger partial charge in [0, 0.05) is 6.20 Å². The summed E-state index contributed by atoms with van der Waals surface area (Å²) in [5.41, 5.74) is 3.97.